The van der Waals surface area contributed by atoms with Crippen LogP contribution in [0, 0.1) is 0 Å². The molecule has 15 nitrogen and oxygen atoms in total. The Bertz CT molecular complexity index is 1160. The van der Waals surface area contributed by atoms with Crippen molar-refractivity contribution in [2.45, 2.75) is 45.3 Å². The number of anilines is 1. The van der Waals surface area contributed by atoms with Crippen LogP contribution in [0.2, 0.25) is 0 Å². The minimum absolute atomic E-state index is 0.197. The number of nitrogen functional groups attached to an aromatic ring is 1. The predicted octanol–water partition coefficient (Wildman–Crippen LogP) is -1.88. The zero-order valence-corrected chi connectivity index (χ0v) is 17.2. The van der Waals surface area contributed by atoms with E-state index in [9.17, 15) is 24.0 Å². The molecule has 0 bridgehead atoms. The second kappa shape index (κ2) is 8.62. The number of ether oxygens (including phenoxy) is 4. The van der Waals surface area contributed by atoms with Gasteiger partial charge in [0.2, 0.25) is 11.8 Å². The van der Waals surface area contributed by atoms with E-state index in [2.05, 4.69) is 15.0 Å². The van der Waals surface area contributed by atoms with Gasteiger partial charge in [-0.15, -0.1) is 0 Å². The van der Waals surface area contributed by atoms with Gasteiger partial charge in [-0.05, 0) is 0 Å². The lowest BCUT2D eigenvalue weighted by molar-refractivity contribution is -0.166. The number of imidazole rings is 1. The first-order valence-corrected chi connectivity index (χ1v) is 9.20. The molecule has 3 rings (SSSR count). The molecule has 2 aromatic rings. The Kier molecular flexibility index (Phi) is 6.11. The first kappa shape index (κ1) is 22.7. The molecule has 0 saturated carbocycles. The van der Waals surface area contributed by atoms with Crippen molar-refractivity contribution >= 4 is 40.9 Å². The Labute approximate surface area is 179 Å². The van der Waals surface area contributed by atoms with Gasteiger partial charge >= 0.3 is 17.9 Å². The van der Waals surface area contributed by atoms with Crippen LogP contribution < -0.4 is 17.0 Å². The quantitative estimate of drug-likeness (QED) is 0.324. The smallest absolute Gasteiger partial charge is 0.303 e. The summed E-state index contributed by atoms with van der Waals surface area (Å²) < 4.78 is 22.4. The van der Waals surface area contributed by atoms with Gasteiger partial charge in [-0.25, -0.2) is 4.98 Å². The number of rotatable bonds is 6. The van der Waals surface area contributed by atoms with Crippen molar-refractivity contribution in [3.63, 3.8) is 0 Å². The average Bonchev–Trinajstić information content (AvgIpc) is 3.18. The number of amides is 1. The highest BCUT2D eigenvalue weighted by Crippen LogP contribution is 2.36. The van der Waals surface area contributed by atoms with Gasteiger partial charge in [0.1, 0.15) is 12.7 Å². The number of H-pyrrole nitrogens is 1. The number of fused-ring (bicyclic) bond motifs is 1. The minimum atomic E-state index is -1.40. The van der Waals surface area contributed by atoms with Gasteiger partial charge in [-0.1, -0.05) is 0 Å². The van der Waals surface area contributed by atoms with Gasteiger partial charge in [0, 0.05) is 20.8 Å². The summed E-state index contributed by atoms with van der Waals surface area (Å²) in [7, 11) is 0. The summed E-state index contributed by atoms with van der Waals surface area (Å²) in [5.41, 5.74) is 9.79. The van der Waals surface area contributed by atoms with E-state index in [1.807, 2.05) is 0 Å². The molecule has 32 heavy (non-hydrogen) atoms. The van der Waals surface area contributed by atoms with Crippen LogP contribution in [0.4, 0.5) is 5.95 Å². The van der Waals surface area contributed by atoms with Crippen molar-refractivity contribution in [1.82, 2.24) is 19.5 Å². The van der Waals surface area contributed by atoms with Gasteiger partial charge in [0.15, 0.2) is 29.6 Å². The monoisotopic (exact) mass is 452 g/mol. The summed E-state index contributed by atoms with van der Waals surface area (Å²) in [4.78, 5) is 69.2. The predicted molar refractivity (Wildman–Crippen MR) is 103 cm³/mol. The third kappa shape index (κ3) is 4.36. The van der Waals surface area contributed by atoms with Crippen LogP contribution in [-0.4, -0.2) is 68.3 Å². The van der Waals surface area contributed by atoms with Crippen LogP contribution in [-0.2, 0) is 33.3 Å². The van der Waals surface area contributed by atoms with Gasteiger partial charge in [-0.3, -0.25) is 33.5 Å². The number of carbonyl (C=O) groups is 4. The van der Waals surface area contributed by atoms with Crippen LogP contribution in [0.1, 0.15) is 37.6 Å². The molecule has 3 heterocycles. The summed E-state index contributed by atoms with van der Waals surface area (Å²) in [5, 5.41) is 0. The number of nitrogens with zero attached hydrogens (tertiary/aromatic N) is 3. The van der Waals surface area contributed by atoms with Crippen molar-refractivity contribution in [3.05, 3.63) is 16.2 Å². The molecule has 0 aliphatic carbocycles. The van der Waals surface area contributed by atoms with Crippen molar-refractivity contribution in [1.29, 1.82) is 0 Å². The van der Waals surface area contributed by atoms with Crippen LogP contribution in [0.3, 0.4) is 0 Å². The summed E-state index contributed by atoms with van der Waals surface area (Å²) in [5.74, 6) is -3.97. The van der Waals surface area contributed by atoms with Crippen LogP contribution in [0.15, 0.2) is 4.79 Å². The molecule has 1 fully saturated rings. The van der Waals surface area contributed by atoms with Crippen molar-refractivity contribution < 1.29 is 38.1 Å². The Morgan fingerprint density at radius 3 is 2.25 bits per heavy atom. The molecule has 172 valence electrons. The Balaban J connectivity index is 2.20. The van der Waals surface area contributed by atoms with Crippen LogP contribution in [0.25, 0.3) is 11.2 Å². The number of esters is 3. The number of primary amides is 1. The molecule has 5 N–H and O–H groups in total. The van der Waals surface area contributed by atoms with Crippen molar-refractivity contribution in [3.8, 4) is 0 Å². The Morgan fingerprint density at radius 1 is 1.06 bits per heavy atom. The Morgan fingerprint density at radius 2 is 1.69 bits per heavy atom. The Hall–Kier alpha value is -4.01. The normalized spacial score (nSPS) is 22.5. The number of aromatic nitrogens is 4. The molecule has 0 aromatic carbocycles. The third-order valence-electron chi connectivity index (χ3n) is 4.38. The molecule has 1 aliphatic rings. The molecule has 1 aliphatic heterocycles. The number of nitrogens with one attached hydrogen (secondary N) is 1. The molecule has 0 spiro atoms. The van der Waals surface area contributed by atoms with Gasteiger partial charge in [0.25, 0.3) is 11.5 Å². The topological polar surface area (TPSA) is 221 Å². The number of nitrogens with two attached hydrogens (primary N) is 2. The first-order chi connectivity index (χ1) is 15.0. The average molecular weight is 452 g/mol. The van der Waals surface area contributed by atoms with Gasteiger partial charge < -0.3 is 30.4 Å². The summed E-state index contributed by atoms with van der Waals surface area (Å²) >= 11 is 0. The molecule has 1 amide bonds. The molecule has 4 atom stereocenters. The lowest BCUT2D eigenvalue weighted by atomic mass is 10.1. The third-order valence-corrected chi connectivity index (χ3v) is 4.38. The number of hydrogen-bond acceptors (Lipinski definition) is 12. The second-order valence-corrected chi connectivity index (χ2v) is 6.81. The minimum Gasteiger partial charge on any atom is -0.463 e. The first-order valence-electron chi connectivity index (χ1n) is 9.20. The maximum Gasteiger partial charge on any atom is 0.303 e. The van der Waals surface area contributed by atoms with Crippen molar-refractivity contribution in [2.75, 3.05) is 12.3 Å². The highest BCUT2D eigenvalue weighted by molar-refractivity contribution is 5.93. The zero-order valence-electron chi connectivity index (χ0n) is 17.2. The molecular weight excluding hydrogens is 432 g/mol. The van der Waals surface area contributed by atoms with E-state index < -0.39 is 59.7 Å². The van der Waals surface area contributed by atoms with E-state index in [0.717, 1.165) is 25.3 Å². The molecular formula is C17H20N6O9. The van der Waals surface area contributed by atoms with E-state index >= 15 is 0 Å². The van der Waals surface area contributed by atoms with E-state index in [1.165, 1.54) is 0 Å². The standard InChI is InChI=1S/C17H20N6O9/c1-5(24)29-4-8-10(30-6(2)25)11(31-7(3)26)16(32-8)23-13-9(20-14(23)12(18)27)15(28)22-17(19)21-13/h8,10-11,16H,4H2,1-3H3,(H2,18,27)(H3,19,21,22,28)/t8-,10-,11-,16-/m1/s1. The fraction of sp³-hybridized carbons (Fsp3) is 0.471. The number of aromatic amines is 1. The van der Waals surface area contributed by atoms with Crippen LogP contribution in [0.5, 0.6) is 0 Å². The highest BCUT2D eigenvalue weighted by atomic mass is 16.7. The van der Waals surface area contributed by atoms with E-state index in [-0.39, 0.29) is 23.7 Å². The number of hydrogen-bond donors (Lipinski definition) is 3. The zero-order chi connectivity index (χ0) is 23.7. The molecule has 0 radical (unpaired) electrons. The lowest BCUT2D eigenvalue weighted by Crippen LogP contribution is -2.41. The lowest BCUT2D eigenvalue weighted by Gasteiger charge is -2.24. The molecule has 2 aromatic heterocycles. The summed E-state index contributed by atoms with van der Waals surface area (Å²) in [6, 6.07) is 0. The van der Waals surface area contributed by atoms with Gasteiger partial charge in [-0.2, -0.15) is 4.98 Å². The number of carbonyl (C=O) groups excluding carboxylic acids is 4. The van der Waals surface area contributed by atoms with Gasteiger partial charge in [0.05, 0.1) is 0 Å². The van der Waals surface area contributed by atoms with E-state index in [0.29, 0.717) is 0 Å². The van der Waals surface area contributed by atoms with Crippen LogP contribution >= 0.6 is 0 Å². The van der Waals surface area contributed by atoms with Crippen molar-refractivity contribution in [2.24, 2.45) is 5.73 Å². The molecule has 0 unspecified atom stereocenters. The highest BCUT2D eigenvalue weighted by Gasteiger charge is 2.52. The maximum atomic E-state index is 12.3. The molecule has 1 saturated heterocycles. The molecule has 15 heteroatoms. The summed E-state index contributed by atoms with van der Waals surface area (Å²) in [6.45, 7) is 2.99. The largest absolute Gasteiger partial charge is 0.463 e. The fourth-order valence-electron chi connectivity index (χ4n) is 3.32. The summed E-state index contributed by atoms with van der Waals surface area (Å²) in [6.07, 6.45) is -5.12. The van der Waals surface area contributed by atoms with E-state index in [1.54, 1.807) is 0 Å². The second-order valence-electron chi connectivity index (χ2n) is 6.81. The SMILES string of the molecule is CC(=O)OC[C@H]1O[C@@H](n2c(C(N)=O)nc3c(=O)[nH]c(N)nc32)[C@H](OC(C)=O)[C@@H]1OC(C)=O. The fourth-order valence-corrected chi connectivity index (χ4v) is 3.32. The van der Waals surface area contributed by atoms with E-state index in [4.69, 9.17) is 30.4 Å². The maximum absolute atomic E-state index is 12.3.